The molecule has 2 N–H and O–H groups in total. The molecule has 110 valence electrons. The van der Waals surface area contributed by atoms with Crippen LogP contribution in [0.1, 0.15) is 24.2 Å². The van der Waals surface area contributed by atoms with Gasteiger partial charge in [-0.15, -0.1) is 0 Å². The van der Waals surface area contributed by atoms with Crippen LogP contribution in [0.15, 0.2) is 30.5 Å². The Kier molecular flexibility index (Phi) is 3.51. The number of benzene rings is 1. The molecule has 1 fully saturated rings. The highest BCUT2D eigenvalue weighted by molar-refractivity contribution is 6.09. The third-order valence-electron chi connectivity index (χ3n) is 3.76. The first-order valence-electron chi connectivity index (χ1n) is 7.14. The Morgan fingerprint density at radius 1 is 1.24 bits per heavy atom. The summed E-state index contributed by atoms with van der Waals surface area (Å²) in [5, 5.41) is 1.67. The van der Waals surface area contributed by atoms with E-state index in [1.807, 2.05) is 43.0 Å². The zero-order valence-corrected chi connectivity index (χ0v) is 12.2. The van der Waals surface area contributed by atoms with Crippen molar-refractivity contribution in [1.82, 2.24) is 9.88 Å². The van der Waals surface area contributed by atoms with Gasteiger partial charge in [-0.1, -0.05) is 24.3 Å². The second-order valence-corrected chi connectivity index (χ2v) is 5.57. The van der Waals surface area contributed by atoms with Crippen LogP contribution in [0.4, 0.5) is 5.82 Å². The maximum Gasteiger partial charge on any atom is 0.256 e. The third-order valence-corrected chi connectivity index (χ3v) is 3.76. The van der Waals surface area contributed by atoms with Crippen LogP contribution in [0.3, 0.4) is 0 Å². The predicted molar refractivity (Wildman–Crippen MR) is 82.1 cm³/mol. The number of nitrogen functional groups attached to an aromatic ring is 1. The molecule has 1 aromatic heterocycles. The molecular formula is C16H19N3O2. The molecule has 2 unspecified atom stereocenters. The van der Waals surface area contributed by atoms with Gasteiger partial charge in [0.25, 0.3) is 5.91 Å². The molecule has 1 amide bonds. The van der Waals surface area contributed by atoms with Gasteiger partial charge < -0.3 is 15.4 Å². The summed E-state index contributed by atoms with van der Waals surface area (Å²) in [6.07, 6.45) is 1.67. The van der Waals surface area contributed by atoms with E-state index in [0.29, 0.717) is 24.5 Å². The Morgan fingerprint density at radius 2 is 1.86 bits per heavy atom. The van der Waals surface area contributed by atoms with Crippen LogP contribution >= 0.6 is 0 Å². The number of rotatable bonds is 1. The van der Waals surface area contributed by atoms with Gasteiger partial charge in [0.1, 0.15) is 5.82 Å². The Labute approximate surface area is 123 Å². The van der Waals surface area contributed by atoms with Crippen molar-refractivity contribution in [3.05, 3.63) is 36.0 Å². The standard InChI is InChI=1S/C16H19N3O2/c1-10-8-19(9-11(2)21-10)16(20)14-7-18-15(17)13-6-4-3-5-12(13)14/h3-7,10-11H,8-9H2,1-2H3,(H2,17,18). The first-order valence-corrected chi connectivity index (χ1v) is 7.14. The summed E-state index contributed by atoms with van der Waals surface area (Å²) >= 11 is 0. The monoisotopic (exact) mass is 285 g/mol. The number of ether oxygens (including phenoxy) is 1. The minimum Gasteiger partial charge on any atom is -0.383 e. The van der Waals surface area contributed by atoms with Crippen LogP contribution in [0.5, 0.6) is 0 Å². The molecule has 0 radical (unpaired) electrons. The normalized spacial score (nSPS) is 22.5. The van der Waals surface area contributed by atoms with Crippen molar-refractivity contribution in [2.75, 3.05) is 18.8 Å². The average molecular weight is 285 g/mol. The minimum atomic E-state index is -0.0132. The fraction of sp³-hybridized carbons (Fsp3) is 0.375. The summed E-state index contributed by atoms with van der Waals surface area (Å²) in [5.41, 5.74) is 6.49. The largest absolute Gasteiger partial charge is 0.383 e. The summed E-state index contributed by atoms with van der Waals surface area (Å²) in [6.45, 7) is 5.16. The quantitative estimate of drug-likeness (QED) is 0.871. The molecule has 5 heteroatoms. The zero-order valence-electron chi connectivity index (χ0n) is 12.2. The molecule has 1 aliphatic rings. The number of pyridine rings is 1. The van der Waals surface area contributed by atoms with Gasteiger partial charge in [-0.3, -0.25) is 4.79 Å². The lowest BCUT2D eigenvalue weighted by Gasteiger charge is -2.35. The van der Waals surface area contributed by atoms with Gasteiger partial charge in [0, 0.05) is 24.7 Å². The third kappa shape index (κ3) is 2.56. The minimum absolute atomic E-state index is 0.0132. The van der Waals surface area contributed by atoms with E-state index in [4.69, 9.17) is 10.5 Å². The van der Waals surface area contributed by atoms with E-state index >= 15 is 0 Å². The van der Waals surface area contributed by atoms with Gasteiger partial charge in [0.15, 0.2) is 0 Å². The fourth-order valence-electron chi connectivity index (χ4n) is 2.90. The van der Waals surface area contributed by atoms with Crippen molar-refractivity contribution in [3.63, 3.8) is 0 Å². The number of morpholine rings is 1. The number of fused-ring (bicyclic) bond motifs is 1. The second kappa shape index (κ2) is 5.33. The van der Waals surface area contributed by atoms with Crippen molar-refractivity contribution in [3.8, 4) is 0 Å². The molecule has 2 heterocycles. The highest BCUT2D eigenvalue weighted by Gasteiger charge is 2.27. The molecular weight excluding hydrogens is 266 g/mol. The van der Waals surface area contributed by atoms with Crippen LogP contribution in [0, 0.1) is 0 Å². The lowest BCUT2D eigenvalue weighted by atomic mass is 10.1. The van der Waals surface area contributed by atoms with E-state index in [1.165, 1.54) is 0 Å². The Balaban J connectivity index is 2.00. The van der Waals surface area contributed by atoms with E-state index in [-0.39, 0.29) is 18.1 Å². The molecule has 1 aromatic carbocycles. The lowest BCUT2D eigenvalue weighted by Crippen LogP contribution is -2.48. The Bertz CT molecular complexity index is 676. The number of hydrogen-bond acceptors (Lipinski definition) is 4. The number of hydrogen-bond donors (Lipinski definition) is 1. The van der Waals surface area contributed by atoms with Gasteiger partial charge in [-0.2, -0.15) is 0 Å². The Hall–Kier alpha value is -2.14. The summed E-state index contributed by atoms with van der Waals surface area (Å²) in [7, 11) is 0. The topological polar surface area (TPSA) is 68.5 Å². The molecule has 2 atom stereocenters. The van der Waals surface area contributed by atoms with E-state index in [1.54, 1.807) is 6.20 Å². The number of carbonyl (C=O) groups is 1. The molecule has 0 aliphatic carbocycles. The molecule has 1 aliphatic heterocycles. The van der Waals surface area contributed by atoms with Crippen molar-refractivity contribution in [1.29, 1.82) is 0 Å². The van der Waals surface area contributed by atoms with E-state index in [2.05, 4.69) is 4.98 Å². The van der Waals surface area contributed by atoms with Crippen molar-refractivity contribution in [2.45, 2.75) is 26.1 Å². The highest BCUT2D eigenvalue weighted by Crippen LogP contribution is 2.24. The molecule has 2 aromatic rings. The summed E-state index contributed by atoms with van der Waals surface area (Å²) < 4.78 is 5.68. The molecule has 1 saturated heterocycles. The molecule has 0 spiro atoms. The molecule has 5 nitrogen and oxygen atoms in total. The Morgan fingerprint density at radius 3 is 2.52 bits per heavy atom. The molecule has 21 heavy (non-hydrogen) atoms. The number of anilines is 1. The highest BCUT2D eigenvalue weighted by atomic mass is 16.5. The van der Waals surface area contributed by atoms with Crippen LogP contribution in [-0.4, -0.2) is 41.1 Å². The van der Waals surface area contributed by atoms with E-state index in [0.717, 1.165) is 10.8 Å². The number of carbonyl (C=O) groups excluding carboxylic acids is 1. The maximum absolute atomic E-state index is 12.8. The van der Waals surface area contributed by atoms with Crippen LogP contribution in [0.2, 0.25) is 0 Å². The first kappa shape index (κ1) is 13.8. The first-order chi connectivity index (χ1) is 10.1. The van der Waals surface area contributed by atoms with E-state index < -0.39 is 0 Å². The zero-order chi connectivity index (χ0) is 15.0. The maximum atomic E-state index is 12.8. The number of nitrogens with two attached hydrogens (primary N) is 1. The second-order valence-electron chi connectivity index (χ2n) is 5.57. The number of amides is 1. The molecule has 0 bridgehead atoms. The van der Waals surface area contributed by atoms with Gasteiger partial charge in [0.2, 0.25) is 0 Å². The number of aromatic nitrogens is 1. The number of nitrogens with zero attached hydrogens (tertiary/aromatic N) is 2. The van der Waals surface area contributed by atoms with Crippen molar-refractivity contribution in [2.24, 2.45) is 0 Å². The fourth-order valence-corrected chi connectivity index (χ4v) is 2.90. The van der Waals surface area contributed by atoms with Gasteiger partial charge in [0.05, 0.1) is 17.8 Å². The summed E-state index contributed by atoms with van der Waals surface area (Å²) in [4.78, 5) is 18.8. The van der Waals surface area contributed by atoms with Gasteiger partial charge in [-0.25, -0.2) is 4.98 Å². The van der Waals surface area contributed by atoms with Crippen molar-refractivity contribution < 1.29 is 9.53 Å². The predicted octanol–water partition coefficient (Wildman–Crippen LogP) is 2.07. The summed E-state index contributed by atoms with van der Waals surface area (Å²) in [5.74, 6) is 0.437. The van der Waals surface area contributed by atoms with Crippen LogP contribution in [0.25, 0.3) is 10.8 Å². The molecule has 0 saturated carbocycles. The van der Waals surface area contributed by atoms with Gasteiger partial charge >= 0.3 is 0 Å². The van der Waals surface area contributed by atoms with Crippen LogP contribution < -0.4 is 5.73 Å². The van der Waals surface area contributed by atoms with E-state index in [9.17, 15) is 4.79 Å². The lowest BCUT2D eigenvalue weighted by molar-refractivity contribution is -0.0585. The average Bonchev–Trinajstić information content (AvgIpc) is 2.46. The smallest absolute Gasteiger partial charge is 0.256 e. The SMILES string of the molecule is CC1CN(C(=O)c2cnc(N)c3ccccc23)CC(C)O1. The molecule has 3 rings (SSSR count). The van der Waals surface area contributed by atoms with Gasteiger partial charge in [-0.05, 0) is 19.2 Å². The van der Waals surface area contributed by atoms with Crippen molar-refractivity contribution >= 4 is 22.5 Å². The van der Waals surface area contributed by atoms with Crippen LogP contribution in [-0.2, 0) is 4.74 Å². The summed E-state index contributed by atoms with van der Waals surface area (Å²) in [6, 6.07) is 7.60.